The maximum Gasteiger partial charge on any atom is 0.135 e. The first-order valence-electron chi connectivity index (χ1n) is 4.02. The highest BCUT2D eigenvalue weighted by molar-refractivity contribution is 9.10. The minimum Gasteiger partial charge on any atom is -0.495 e. The van der Waals surface area contributed by atoms with Gasteiger partial charge in [0.1, 0.15) is 11.6 Å². The molecule has 1 rings (SSSR count). The van der Waals surface area contributed by atoms with E-state index in [9.17, 15) is 4.39 Å². The Kier molecular flexibility index (Phi) is 1.31. The van der Waals surface area contributed by atoms with Crippen LogP contribution >= 0.6 is 15.9 Å². The van der Waals surface area contributed by atoms with Gasteiger partial charge >= 0.3 is 0 Å². The molecule has 0 saturated carbocycles. The number of hydrogen-bond donors (Lipinski definition) is 0. The minimum atomic E-state index is -2.56. The molecular formula is C7H6BrFO. The quantitative estimate of drug-likeness (QED) is 0.689. The third-order valence-corrected chi connectivity index (χ3v) is 1.66. The first-order chi connectivity index (χ1) is 5.88. The van der Waals surface area contributed by atoms with E-state index < -0.39 is 12.9 Å². The van der Waals surface area contributed by atoms with Gasteiger partial charge in [-0.15, -0.1) is 0 Å². The number of ether oxygens (including phenoxy) is 1. The molecule has 1 nitrogen and oxygen atoms in total. The third kappa shape index (κ3) is 1.48. The van der Waals surface area contributed by atoms with Crippen LogP contribution in [0.15, 0.2) is 22.7 Å². The molecule has 3 heteroatoms. The van der Waals surface area contributed by atoms with E-state index in [0.29, 0.717) is 4.47 Å². The summed E-state index contributed by atoms with van der Waals surface area (Å²) < 4.78 is 38.0. The highest BCUT2D eigenvalue weighted by Crippen LogP contribution is 2.24. The molecule has 1 aromatic carbocycles. The lowest BCUT2D eigenvalue weighted by molar-refractivity contribution is 0.408. The molecule has 0 radical (unpaired) electrons. The molecule has 0 saturated heterocycles. The van der Waals surface area contributed by atoms with Crippen molar-refractivity contribution in [1.82, 2.24) is 0 Å². The Morgan fingerprint density at radius 1 is 1.70 bits per heavy atom. The third-order valence-electron chi connectivity index (χ3n) is 1.00. The second kappa shape index (κ2) is 3.01. The Balaban J connectivity index is 2.94. The van der Waals surface area contributed by atoms with Gasteiger partial charge in [0.25, 0.3) is 0 Å². The van der Waals surface area contributed by atoms with Crippen LogP contribution in [0.25, 0.3) is 0 Å². The fourth-order valence-corrected chi connectivity index (χ4v) is 0.883. The molecule has 10 heavy (non-hydrogen) atoms. The highest BCUT2D eigenvalue weighted by atomic mass is 79.9. The zero-order valence-corrected chi connectivity index (χ0v) is 6.48. The van der Waals surface area contributed by atoms with Gasteiger partial charge < -0.3 is 4.74 Å². The summed E-state index contributed by atoms with van der Waals surface area (Å²) in [4.78, 5) is 0. The van der Waals surface area contributed by atoms with Crippen LogP contribution < -0.4 is 4.74 Å². The SMILES string of the molecule is [2H]C([2H])([2H])Oc1cc(F)ccc1Br. The smallest absolute Gasteiger partial charge is 0.135 e. The van der Waals surface area contributed by atoms with Crippen molar-refractivity contribution in [3.05, 3.63) is 28.5 Å². The number of methoxy groups -OCH3 is 1. The molecule has 0 unspecified atom stereocenters. The molecule has 0 aliphatic rings. The van der Waals surface area contributed by atoms with E-state index in [1.165, 1.54) is 12.1 Å². The van der Waals surface area contributed by atoms with E-state index in [4.69, 9.17) is 4.11 Å². The summed E-state index contributed by atoms with van der Waals surface area (Å²) in [5, 5.41) is 0. The molecule has 0 heterocycles. The van der Waals surface area contributed by atoms with Crippen LogP contribution in [0.4, 0.5) is 4.39 Å². The predicted octanol–water partition coefficient (Wildman–Crippen LogP) is 2.60. The maximum absolute atomic E-state index is 12.6. The Hall–Kier alpha value is -0.570. The van der Waals surface area contributed by atoms with Crippen LogP contribution in [0.5, 0.6) is 5.75 Å². The van der Waals surface area contributed by atoms with E-state index in [-0.39, 0.29) is 5.75 Å². The van der Waals surface area contributed by atoms with Crippen LogP contribution in [0.3, 0.4) is 0 Å². The van der Waals surface area contributed by atoms with Gasteiger partial charge in [-0.2, -0.15) is 0 Å². The molecule has 0 amide bonds. The second-order valence-corrected chi connectivity index (χ2v) is 2.53. The van der Waals surface area contributed by atoms with Crippen molar-refractivity contribution in [1.29, 1.82) is 0 Å². The molecule has 0 fully saturated rings. The van der Waals surface area contributed by atoms with Crippen molar-refractivity contribution >= 4 is 15.9 Å². The van der Waals surface area contributed by atoms with Gasteiger partial charge in [-0.05, 0) is 28.1 Å². The van der Waals surface area contributed by atoms with E-state index >= 15 is 0 Å². The van der Waals surface area contributed by atoms with Crippen molar-refractivity contribution in [2.75, 3.05) is 7.04 Å². The summed E-state index contributed by atoms with van der Waals surface area (Å²) in [6.45, 7) is 0. The number of benzene rings is 1. The lowest BCUT2D eigenvalue weighted by Crippen LogP contribution is -1.84. The molecule has 0 aliphatic heterocycles. The molecule has 0 bridgehead atoms. The molecule has 0 N–H and O–H groups in total. The predicted molar refractivity (Wildman–Crippen MR) is 40.7 cm³/mol. The van der Waals surface area contributed by atoms with Gasteiger partial charge in [-0.25, -0.2) is 4.39 Å². The van der Waals surface area contributed by atoms with Crippen molar-refractivity contribution in [3.8, 4) is 5.75 Å². The highest BCUT2D eigenvalue weighted by Gasteiger charge is 1.99. The van der Waals surface area contributed by atoms with Crippen LogP contribution in [0.1, 0.15) is 4.11 Å². The van der Waals surface area contributed by atoms with E-state index in [1.807, 2.05) is 0 Å². The normalized spacial score (nSPS) is 15.2. The summed E-state index contributed by atoms with van der Waals surface area (Å²) in [5.41, 5.74) is 0. The molecule has 54 valence electrons. The molecule has 0 atom stereocenters. The second-order valence-electron chi connectivity index (χ2n) is 1.68. The van der Waals surface area contributed by atoms with Crippen molar-refractivity contribution < 1.29 is 13.2 Å². The average Bonchev–Trinajstić information content (AvgIpc) is 1.94. The molecular weight excluding hydrogens is 199 g/mol. The fourth-order valence-electron chi connectivity index (χ4n) is 0.555. The van der Waals surface area contributed by atoms with Gasteiger partial charge in [0, 0.05) is 6.07 Å². The first-order valence-corrected chi connectivity index (χ1v) is 3.32. The van der Waals surface area contributed by atoms with Gasteiger partial charge in [0.05, 0.1) is 15.6 Å². The van der Waals surface area contributed by atoms with Crippen molar-refractivity contribution in [3.63, 3.8) is 0 Å². The lowest BCUT2D eigenvalue weighted by atomic mass is 10.3. The Bertz CT molecular complexity index is 313. The molecule has 0 spiro atoms. The summed E-state index contributed by atoms with van der Waals surface area (Å²) in [5.74, 6) is -0.567. The largest absolute Gasteiger partial charge is 0.495 e. The van der Waals surface area contributed by atoms with Gasteiger partial charge in [-0.1, -0.05) is 0 Å². The number of halogens is 2. The number of rotatable bonds is 1. The Morgan fingerprint density at radius 3 is 3.20 bits per heavy atom. The average molecular weight is 208 g/mol. The van der Waals surface area contributed by atoms with Gasteiger partial charge in [-0.3, -0.25) is 0 Å². The molecule has 1 aromatic rings. The summed E-state index contributed by atoms with van der Waals surface area (Å²) in [7, 11) is -2.56. The van der Waals surface area contributed by atoms with E-state index in [0.717, 1.165) is 6.07 Å². The zero-order valence-electron chi connectivity index (χ0n) is 7.90. The zero-order chi connectivity index (χ0) is 10.1. The van der Waals surface area contributed by atoms with Crippen LogP contribution in [-0.2, 0) is 0 Å². The van der Waals surface area contributed by atoms with Gasteiger partial charge in [0.2, 0.25) is 0 Å². The summed E-state index contributed by atoms with van der Waals surface area (Å²) in [6, 6.07) is 3.60. The monoisotopic (exact) mass is 207 g/mol. The Morgan fingerprint density at radius 2 is 2.50 bits per heavy atom. The fraction of sp³-hybridized carbons (Fsp3) is 0.143. The summed E-state index contributed by atoms with van der Waals surface area (Å²) >= 11 is 3.04. The van der Waals surface area contributed by atoms with E-state index in [2.05, 4.69) is 20.7 Å². The van der Waals surface area contributed by atoms with Crippen LogP contribution in [0, 0.1) is 5.82 Å². The standard InChI is InChI=1S/C7H6BrFO/c1-10-7-4-5(9)2-3-6(7)8/h2-4H,1H3/i1D3. The first kappa shape index (κ1) is 4.34. The van der Waals surface area contributed by atoms with Crippen molar-refractivity contribution in [2.24, 2.45) is 0 Å². The maximum atomic E-state index is 12.6. The topological polar surface area (TPSA) is 9.23 Å². The van der Waals surface area contributed by atoms with Crippen LogP contribution in [-0.4, -0.2) is 7.04 Å². The van der Waals surface area contributed by atoms with E-state index in [1.54, 1.807) is 0 Å². The number of hydrogen-bond acceptors (Lipinski definition) is 1. The Labute approximate surface area is 71.2 Å². The van der Waals surface area contributed by atoms with Crippen LogP contribution in [0.2, 0.25) is 0 Å². The minimum absolute atomic E-state index is 0.0278. The molecule has 0 aliphatic carbocycles. The lowest BCUT2D eigenvalue weighted by Gasteiger charge is -2.00. The molecule has 0 aromatic heterocycles. The summed E-state index contributed by atoms with van der Waals surface area (Å²) in [6.07, 6.45) is 0. The van der Waals surface area contributed by atoms with Gasteiger partial charge in [0.15, 0.2) is 0 Å². The van der Waals surface area contributed by atoms with Crippen molar-refractivity contribution in [2.45, 2.75) is 0 Å².